The lowest BCUT2D eigenvalue weighted by Gasteiger charge is -2.18. The summed E-state index contributed by atoms with van der Waals surface area (Å²) in [5.74, 6) is 0.965. The Morgan fingerprint density at radius 1 is 1.00 bits per heavy atom. The van der Waals surface area contributed by atoms with Crippen LogP contribution >= 0.6 is 0 Å². The summed E-state index contributed by atoms with van der Waals surface area (Å²) in [6, 6.07) is 18.8. The first-order valence-electron chi connectivity index (χ1n) is 6.78. The maximum atomic E-state index is 5.97. The second kappa shape index (κ2) is 6.95. The van der Waals surface area contributed by atoms with Gasteiger partial charge in [0.25, 0.3) is 0 Å². The lowest BCUT2D eigenvalue weighted by molar-refractivity contribution is 0.299. The van der Waals surface area contributed by atoms with Gasteiger partial charge >= 0.3 is 0 Å². The van der Waals surface area contributed by atoms with Crippen LogP contribution in [-0.4, -0.2) is 7.05 Å². The SMILES string of the molecule is CCC(NC)c1ccccc1OCc1ccccc1. The molecule has 0 aliphatic carbocycles. The highest BCUT2D eigenvalue weighted by Gasteiger charge is 2.12. The maximum Gasteiger partial charge on any atom is 0.124 e. The van der Waals surface area contributed by atoms with Crippen molar-refractivity contribution in [1.29, 1.82) is 0 Å². The minimum absolute atomic E-state index is 0.340. The van der Waals surface area contributed by atoms with E-state index >= 15 is 0 Å². The lowest BCUT2D eigenvalue weighted by Crippen LogP contribution is -2.16. The van der Waals surface area contributed by atoms with Gasteiger partial charge in [-0.2, -0.15) is 0 Å². The van der Waals surface area contributed by atoms with Crippen molar-refractivity contribution in [2.24, 2.45) is 0 Å². The minimum Gasteiger partial charge on any atom is -0.489 e. The molecule has 0 aromatic heterocycles. The van der Waals surface area contributed by atoms with E-state index in [1.54, 1.807) is 0 Å². The average Bonchev–Trinajstić information content (AvgIpc) is 2.48. The molecule has 1 N–H and O–H groups in total. The summed E-state index contributed by atoms with van der Waals surface area (Å²) in [5, 5.41) is 3.33. The van der Waals surface area contributed by atoms with Gasteiger partial charge in [0.2, 0.25) is 0 Å². The monoisotopic (exact) mass is 255 g/mol. The Hall–Kier alpha value is -1.80. The van der Waals surface area contributed by atoms with E-state index in [9.17, 15) is 0 Å². The van der Waals surface area contributed by atoms with Gasteiger partial charge in [0, 0.05) is 11.6 Å². The molecule has 0 bridgehead atoms. The first kappa shape index (κ1) is 13.6. The molecule has 2 rings (SSSR count). The summed E-state index contributed by atoms with van der Waals surface area (Å²) in [4.78, 5) is 0. The normalized spacial score (nSPS) is 12.1. The fourth-order valence-corrected chi connectivity index (χ4v) is 2.21. The number of ether oxygens (including phenoxy) is 1. The van der Waals surface area contributed by atoms with Crippen molar-refractivity contribution in [2.45, 2.75) is 26.0 Å². The second-order valence-corrected chi connectivity index (χ2v) is 4.56. The number of para-hydroxylation sites is 1. The number of rotatable bonds is 6. The molecule has 1 unspecified atom stereocenters. The van der Waals surface area contributed by atoms with E-state index in [0.717, 1.165) is 12.2 Å². The van der Waals surface area contributed by atoms with Gasteiger partial charge in [0.05, 0.1) is 0 Å². The smallest absolute Gasteiger partial charge is 0.124 e. The Bertz CT molecular complexity index is 492. The molecule has 100 valence electrons. The molecule has 0 spiro atoms. The van der Waals surface area contributed by atoms with E-state index in [4.69, 9.17) is 4.74 Å². The van der Waals surface area contributed by atoms with Crippen LogP contribution in [0.4, 0.5) is 0 Å². The van der Waals surface area contributed by atoms with Crippen molar-refractivity contribution < 1.29 is 4.74 Å². The van der Waals surface area contributed by atoms with Crippen LogP contribution in [0.2, 0.25) is 0 Å². The van der Waals surface area contributed by atoms with Crippen LogP contribution in [0.25, 0.3) is 0 Å². The lowest BCUT2D eigenvalue weighted by atomic mass is 10.0. The fourth-order valence-electron chi connectivity index (χ4n) is 2.21. The van der Waals surface area contributed by atoms with Crippen LogP contribution in [0.3, 0.4) is 0 Å². The second-order valence-electron chi connectivity index (χ2n) is 4.56. The zero-order valence-corrected chi connectivity index (χ0v) is 11.6. The van der Waals surface area contributed by atoms with Crippen LogP contribution in [0, 0.1) is 0 Å². The number of hydrogen-bond donors (Lipinski definition) is 1. The maximum absolute atomic E-state index is 5.97. The van der Waals surface area contributed by atoms with Crippen LogP contribution < -0.4 is 10.1 Å². The third-order valence-electron chi connectivity index (χ3n) is 3.29. The van der Waals surface area contributed by atoms with Crippen LogP contribution in [-0.2, 0) is 6.61 Å². The van der Waals surface area contributed by atoms with E-state index in [-0.39, 0.29) is 0 Å². The zero-order chi connectivity index (χ0) is 13.5. The van der Waals surface area contributed by atoms with Gasteiger partial charge in [-0.1, -0.05) is 55.5 Å². The van der Waals surface area contributed by atoms with Crippen molar-refractivity contribution in [1.82, 2.24) is 5.32 Å². The molecule has 19 heavy (non-hydrogen) atoms. The van der Waals surface area contributed by atoms with E-state index in [2.05, 4.69) is 36.5 Å². The summed E-state index contributed by atoms with van der Waals surface area (Å²) in [7, 11) is 1.99. The quantitative estimate of drug-likeness (QED) is 0.844. The molecule has 0 fully saturated rings. The highest BCUT2D eigenvalue weighted by atomic mass is 16.5. The molecule has 1 atom stereocenters. The largest absolute Gasteiger partial charge is 0.489 e. The molecular formula is C17H21NO. The predicted octanol–water partition coefficient (Wildman–Crippen LogP) is 3.94. The van der Waals surface area contributed by atoms with Crippen molar-refractivity contribution in [3.05, 3.63) is 65.7 Å². The molecule has 0 saturated heterocycles. The van der Waals surface area contributed by atoms with E-state index in [1.807, 2.05) is 37.4 Å². The summed E-state index contributed by atoms with van der Waals surface area (Å²) in [6.07, 6.45) is 1.04. The number of benzene rings is 2. The molecule has 0 aliphatic rings. The third kappa shape index (κ3) is 3.58. The van der Waals surface area contributed by atoms with Gasteiger partial charge in [-0.05, 0) is 25.1 Å². The first-order chi connectivity index (χ1) is 9.35. The highest BCUT2D eigenvalue weighted by molar-refractivity contribution is 5.36. The van der Waals surface area contributed by atoms with E-state index in [0.29, 0.717) is 12.6 Å². The number of nitrogens with one attached hydrogen (secondary N) is 1. The Kier molecular flexibility index (Phi) is 4.99. The van der Waals surface area contributed by atoms with Crippen LogP contribution in [0.15, 0.2) is 54.6 Å². The van der Waals surface area contributed by atoms with Gasteiger partial charge in [-0.3, -0.25) is 0 Å². The van der Waals surface area contributed by atoms with Crippen LogP contribution in [0.1, 0.15) is 30.5 Å². The molecule has 0 saturated carbocycles. The van der Waals surface area contributed by atoms with Gasteiger partial charge in [-0.15, -0.1) is 0 Å². The Balaban J connectivity index is 2.12. The molecule has 0 aliphatic heterocycles. The highest BCUT2D eigenvalue weighted by Crippen LogP contribution is 2.27. The van der Waals surface area contributed by atoms with Gasteiger partial charge in [-0.25, -0.2) is 0 Å². The number of hydrogen-bond acceptors (Lipinski definition) is 2. The van der Waals surface area contributed by atoms with Gasteiger partial charge in [0.15, 0.2) is 0 Å². The Morgan fingerprint density at radius 2 is 1.68 bits per heavy atom. The van der Waals surface area contributed by atoms with Crippen molar-refractivity contribution in [3.8, 4) is 5.75 Å². The van der Waals surface area contributed by atoms with Crippen LogP contribution in [0.5, 0.6) is 5.75 Å². The minimum atomic E-state index is 0.340. The van der Waals surface area contributed by atoms with Gasteiger partial charge < -0.3 is 10.1 Å². The first-order valence-corrected chi connectivity index (χ1v) is 6.78. The summed E-state index contributed by atoms with van der Waals surface area (Å²) in [5.41, 5.74) is 2.42. The fraction of sp³-hybridized carbons (Fsp3) is 0.294. The molecule has 2 heteroatoms. The molecule has 2 nitrogen and oxygen atoms in total. The molecule has 0 radical (unpaired) electrons. The summed E-state index contributed by atoms with van der Waals surface area (Å²) >= 11 is 0. The van der Waals surface area contributed by atoms with Gasteiger partial charge in [0.1, 0.15) is 12.4 Å². The molecule has 0 heterocycles. The van der Waals surface area contributed by atoms with Crippen molar-refractivity contribution >= 4 is 0 Å². The summed E-state index contributed by atoms with van der Waals surface area (Å²) in [6.45, 7) is 2.78. The Morgan fingerprint density at radius 3 is 2.37 bits per heavy atom. The van der Waals surface area contributed by atoms with Crippen molar-refractivity contribution in [3.63, 3.8) is 0 Å². The molecule has 0 amide bonds. The third-order valence-corrected chi connectivity index (χ3v) is 3.29. The van der Waals surface area contributed by atoms with Crippen molar-refractivity contribution in [2.75, 3.05) is 7.05 Å². The standard InChI is InChI=1S/C17H21NO/c1-3-16(18-2)15-11-7-8-12-17(15)19-13-14-9-5-4-6-10-14/h4-12,16,18H,3,13H2,1-2H3. The van der Waals surface area contributed by atoms with E-state index < -0.39 is 0 Å². The average molecular weight is 255 g/mol. The molecule has 2 aromatic carbocycles. The predicted molar refractivity (Wildman–Crippen MR) is 79.3 cm³/mol. The molecular weight excluding hydrogens is 234 g/mol. The molecule has 2 aromatic rings. The zero-order valence-electron chi connectivity index (χ0n) is 11.6. The topological polar surface area (TPSA) is 21.3 Å². The summed E-state index contributed by atoms with van der Waals surface area (Å²) < 4.78 is 5.97. The van der Waals surface area contributed by atoms with E-state index in [1.165, 1.54) is 11.1 Å². The Labute approximate surface area is 115 Å².